The summed E-state index contributed by atoms with van der Waals surface area (Å²) in [7, 11) is 0. The van der Waals surface area contributed by atoms with E-state index in [0.717, 1.165) is 13.1 Å². The molecule has 46 heavy (non-hydrogen) atoms. The Labute approximate surface area is 267 Å². The van der Waals surface area contributed by atoms with Crippen LogP contribution in [-0.4, -0.2) is 80.9 Å². The Hall–Kier alpha value is -4.86. The monoisotopic (exact) mass is 624 g/mol. The van der Waals surface area contributed by atoms with Gasteiger partial charge in [0.05, 0.1) is 30.7 Å². The van der Waals surface area contributed by atoms with E-state index in [-0.39, 0.29) is 34.8 Å². The molecule has 0 spiro atoms. The number of nitrogens with zero attached hydrogens (tertiary/aromatic N) is 7. The molecule has 0 aliphatic carbocycles. The van der Waals surface area contributed by atoms with Crippen molar-refractivity contribution in [2.45, 2.75) is 38.8 Å². The Kier molecular flexibility index (Phi) is 9.23. The van der Waals surface area contributed by atoms with Crippen molar-refractivity contribution in [1.29, 1.82) is 5.26 Å². The second-order valence-corrected chi connectivity index (χ2v) is 11.8. The molecule has 2 aromatic carbocycles. The van der Waals surface area contributed by atoms with E-state index in [0.29, 0.717) is 73.4 Å². The number of para-hydroxylation sites is 1. The minimum atomic E-state index is -0.534. The van der Waals surface area contributed by atoms with Crippen LogP contribution in [0.5, 0.6) is 11.5 Å². The maximum atomic E-state index is 15.6. The topological polar surface area (TPSA) is 135 Å². The summed E-state index contributed by atoms with van der Waals surface area (Å²) in [4.78, 5) is 26.3. The summed E-state index contributed by atoms with van der Waals surface area (Å²) in [6, 6.07) is 16.0. The van der Waals surface area contributed by atoms with E-state index >= 15 is 4.39 Å². The van der Waals surface area contributed by atoms with Crippen LogP contribution in [-0.2, 0) is 9.53 Å². The predicted octanol–water partition coefficient (Wildman–Crippen LogP) is 4.98. The zero-order valence-corrected chi connectivity index (χ0v) is 26.0. The minimum absolute atomic E-state index is 0.0106. The van der Waals surface area contributed by atoms with Gasteiger partial charge < -0.3 is 20.1 Å². The van der Waals surface area contributed by atoms with Crippen molar-refractivity contribution in [3.05, 3.63) is 72.3 Å². The average molecular weight is 625 g/mol. The molecule has 6 rings (SSSR count). The van der Waals surface area contributed by atoms with Gasteiger partial charge in [-0.2, -0.15) is 10.4 Å². The first-order chi connectivity index (χ1) is 22.4. The molecule has 4 heterocycles. The largest absolute Gasteiger partial charge is 0.457 e. The first kappa shape index (κ1) is 31.1. The summed E-state index contributed by atoms with van der Waals surface area (Å²) < 4.78 is 28.5. The number of ether oxygens (including phenoxy) is 2. The van der Waals surface area contributed by atoms with Crippen LogP contribution in [0.15, 0.2) is 66.5 Å². The van der Waals surface area contributed by atoms with Crippen LogP contribution in [0, 0.1) is 23.1 Å². The van der Waals surface area contributed by atoms with Crippen molar-refractivity contribution in [3.63, 3.8) is 0 Å². The average Bonchev–Trinajstić information content (AvgIpc) is 3.43. The van der Waals surface area contributed by atoms with Crippen LogP contribution in [0.3, 0.4) is 0 Å². The molecule has 4 aromatic rings. The van der Waals surface area contributed by atoms with Gasteiger partial charge in [0.15, 0.2) is 5.65 Å². The molecule has 0 saturated carbocycles. The summed E-state index contributed by atoms with van der Waals surface area (Å²) in [5, 5.41) is 15.2. The van der Waals surface area contributed by atoms with Gasteiger partial charge in [-0.15, -0.1) is 0 Å². The highest BCUT2D eigenvalue weighted by Gasteiger charge is 2.31. The molecule has 238 valence electrons. The molecule has 2 atom stereocenters. The molecule has 2 fully saturated rings. The molecule has 2 saturated heterocycles. The number of carbonyl (C=O) groups is 1. The van der Waals surface area contributed by atoms with Crippen molar-refractivity contribution in [3.8, 4) is 28.8 Å². The van der Waals surface area contributed by atoms with E-state index in [1.165, 1.54) is 12.4 Å². The van der Waals surface area contributed by atoms with Gasteiger partial charge in [0, 0.05) is 31.3 Å². The Balaban J connectivity index is 1.24. The lowest BCUT2D eigenvalue weighted by Crippen LogP contribution is -2.50. The standard InChI is InChI=1S/C34H37FN8O3/c1-3-41(25-19-45-20-25)17-22(2)14-23(16-36)34(44)42-13-7-8-24(18-42)43-33-30(32(37)38-21-39-33)31(40-43)28-12-11-27(15-29(28)35)46-26-9-5-4-6-10-26/h4-6,9-12,14-15,21-22,24-25H,3,7-8,13,17-20H2,1-2H3,(H2,37,38,39)/t22-,24?/m1/s1. The molecule has 0 bridgehead atoms. The first-order valence-electron chi connectivity index (χ1n) is 15.6. The van der Waals surface area contributed by atoms with Crippen LogP contribution in [0.4, 0.5) is 10.2 Å². The second kappa shape index (κ2) is 13.6. The molecule has 2 N–H and O–H groups in total. The van der Waals surface area contributed by atoms with Crippen molar-refractivity contribution in [2.24, 2.45) is 5.92 Å². The van der Waals surface area contributed by atoms with E-state index in [1.54, 1.807) is 39.9 Å². The number of nitrogens with two attached hydrogens (primary N) is 1. The molecular formula is C34H37FN8O3. The number of fused-ring (bicyclic) bond motifs is 1. The fraction of sp³-hybridized carbons (Fsp3) is 0.382. The highest BCUT2D eigenvalue weighted by molar-refractivity contribution is 5.99. The van der Waals surface area contributed by atoms with Gasteiger partial charge in [-0.25, -0.2) is 19.0 Å². The number of aromatic nitrogens is 4. The molecule has 2 aliphatic rings. The van der Waals surface area contributed by atoms with Gasteiger partial charge >= 0.3 is 0 Å². The molecule has 1 unspecified atom stereocenters. The zero-order chi connectivity index (χ0) is 32.2. The van der Waals surface area contributed by atoms with Gasteiger partial charge in [-0.1, -0.05) is 38.1 Å². The molecule has 12 heteroatoms. The maximum absolute atomic E-state index is 15.6. The summed E-state index contributed by atoms with van der Waals surface area (Å²) in [6.07, 6.45) is 4.55. The maximum Gasteiger partial charge on any atom is 0.264 e. The molecule has 11 nitrogen and oxygen atoms in total. The SMILES string of the molecule is CCN(C[C@H](C)C=C(C#N)C(=O)N1CCCC(n2nc(-c3ccc(Oc4ccccc4)cc3F)c3c(N)ncnc32)C1)C1COC1. The lowest BCUT2D eigenvalue weighted by molar-refractivity contribution is -0.128. The number of nitrogen functional groups attached to an aromatic ring is 1. The predicted molar refractivity (Wildman–Crippen MR) is 171 cm³/mol. The highest BCUT2D eigenvalue weighted by Crippen LogP contribution is 2.36. The van der Waals surface area contributed by atoms with E-state index in [2.05, 4.69) is 27.9 Å². The molecule has 2 aliphatic heterocycles. The Morgan fingerprint density at radius 1 is 1.24 bits per heavy atom. The number of halogens is 1. The summed E-state index contributed by atoms with van der Waals surface area (Å²) in [6.45, 7) is 8.00. The number of piperidine rings is 1. The second-order valence-electron chi connectivity index (χ2n) is 11.8. The first-order valence-corrected chi connectivity index (χ1v) is 15.6. The number of hydrogen-bond donors (Lipinski definition) is 1. The highest BCUT2D eigenvalue weighted by atomic mass is 19.1. The van der Waals surface area contributed by atoms with Gasteiger partial charge in [0.25, 0.3) is 5.91 Å². The number of carbonyl (C=O) groups excluding carboxylic acids is 1. The number of hydrogen-bond acceptors (Lipinski definition) is 9. The van der Waals surface area contributed by atoms with Crippen LogP contribution < -0.4 is 10.5 Å². The van der Waals surface area contributed by atoms with E-state index < -0.39 is 5.82 Å². The number of benzene rings is 2. The van der Waals surface area contributed by atoms with E-state index in [9.17, 15) is 10.1 Å². The number of amides is 1. The zero-order valence-electron chi connectivity index (χ0n) is 26.0. The molecule has 2 aromatic heterocycles. The number of rotatable bonds is 10. The van der Waals surface area contributed by atoms with Crippen LogP contribution in [0.1, 0.15) is 32.7 Å². The number of likely N-dealkylation sites (tertiary alicyclic amines) is 1. The Bertz CT molecular complexity index is 1780. The third kappa shape index (κ3) is 6.42. The van der Waals surface area contributed by atoms with Crippen LogP contribution >= 0.6 is 0 Å². The quantitative estimate of drug-likeness (QED) is 0.191. The fourth-order valence-corrected chi connectivity index (χ4v) is 6.16. The number of likely N-dealkylation sites (N-methyl/N-ethyl adjacent to an activating group) is 1. The van der Waals surface area contributed by atoms with Crippen molar-refractivity contribution in [2.75, 3.05) is 45.1 Å². The van der Waals surface area contributed by atoms with Crippen LogP contribution in [0.25, 0.3) is 22.3 Å². The lowest BCUT2D eigenvalue weighted by Gasteiger charge is -2.37. The van der Waals surface area contributed by atoms with Gasteiger partial charge in [-0.3, -0.25) is 9.69 Å². The molecule has 0 radical (unpaired) electrons. The van der Waals surface area contributed by atoms with Gasteiger partial charge in [-0.05, 0) is 49.6 Å². The van der Waals surface area contributed by atoms with Gasteiger partial charge in [0.2, 0.25) is 0 Å². The molecule has 1 amide bonds. The lowest BCUT2D eigenvalue weighted by atomic mass is 10.0. The summed E-state index contributed by atoms with van der Waals surface area (Å²) >= 11 is 0. The van der Waals surface area contributed by atoms with E-state index in [4.69, 9.17) is 20.3 Å². The Morgan fingerprint density at radius 3 is 2.74 bits per heavy atom. The Morgan fingerprint density at radius 2 is 2.04 bits per heavy atom. The normalized spacial score (nSPS) is 17.9. The van der Waals surface area contributed by atoms with Crippen molar-refractivity contribution >= 4 is 22.8 Å². The van der Waals surface area contributed by atoms with E-state index in [1.807, 2.05) is 25.1 Å². The van der Waals surface area contributed by atoms with Gasteiger partial charge in [0.1, 0.15) is 46.8 Å². The third-order valence-electron chi connectivity index (χ3n) is 8.59. The number of anilines is 1. The smallest absolute Gasteiger partial charge is 0.264 e. The van der Waals surface area contributed by atoms with Crippen molar-refractivity contribution in [1.82, 2.24) is 29.5 Å². The van der Waals surface area contributed by atoms with Crippen molar-refractivity contribution < 1.29 is 18.7 Å². The molecular weight excluding hydrogens is 587 g/mol. The van der Waals surface area contributed by atoms with Crippen LogP contribution in [0.2, 0.25) is 0 Å². The minimum Gasteiger partial charge on any atom is -0.457 e. The number of nitriles is 1. The summed E-state index contributed by atoms with van der Waals surface area (Å²) in [5.41, 5.74) is 7.43. The summed E-state index contributed by atoms with van der Waals surface area (Å²) in [5.74, 6) is 0.285. The fourth-order valence-electron chi connectivity index (χ4n) is 6.16. The third-order valence-corrected chi connectivity index (χ3v) is 8.59.